The van der Waals surface area contributed by atoms with Crippen molar-refractivity contribution in [3.8, 4) is 5.75 Å². The van der Waals surface area contributed by atoms with Crippen molar-refractivity contribution in [2.24, 2.45) is 5.73 Å². The molecular formula is C13H18N2O2. The largest absolute Gasteiger partial charge is 0.478 e. The van der Waals surface area contributed by atoms with Crippen LogP contribution in [-0.4, -0.2) is 18.6 Å². The molecule has 1 heterocycles. The van der Waals surface area contributed by atoms with E-state index in [-0.39, 0.29) is 5.91 Å². The first kappa shape index (κ1) is 11.9. The van der Waals surface area contributed by atoms with Gasteiger partial charge < -0.3 is 15.8 Å². The monoisotopic (exact) mass is 234 g/mol. The maximum Gasteiger partial charge on any atom is 0.265 e. The third-order valence-electron chi connectivity index (χ3n) is 2.83. The average Bonchev–Trinajstić information content (AvgIpc) is 2.31. The molecule has 1 amide bonds. The van der Waals surface area contributed by atoms with Crippen molar-refractivity contribution < 1.29 is 9.53 Å². The molecule has 2 rings (SSSR count). The summed E-state index contributed by atoms with van der Waals surface area (Å²) in [6, 6.07) is 5.94. The Labute approximate surface area is 101 Å². The summed E-state index contributed by atoms with van der Waals surface area (Å²) >= 11 is 0. The van der Waals surface area contributed by atoms with Crippen molar-refractivity contribution >= 4 is 11.6 Å². The number of nitrogens with two attached hydrogens (primary N) is 1. The van der Waals surface area contributed by atoms with Crippen LogP contribution in [0.15, 0.2) is 18.2 Å². The average molecular weight is 234 g/mol. The minimum atomic E-state index is -0.454. The number of carbonyl (C=O) groups is 1. The second-order valence-corrected chi connectivity index (χ2v) is 4.25. The fourth-order valence-electron chi connectivity index (χ4n) is 1.98. The molecule has 0 spiro atoms. The Morgan fingerprint density at radius 2 is 2.29 bits per heavy atom. The summed E-state index contributed by atoms with van der Waals surface area (Å²) in [6.07, 6.45) is 2.19. The Morgan fingerprint density at radius 3 is 3.00 bits per heavy atom. The summed E-state index contributed by atoms with van der Waals surface area (Å²) in [5.74, 6) is 0.638. The van der Waals surface area contributed by atoms with E-state index < -0.39 is 6.10 Å². The fourth-order valence-corrected chi connectivity index (χ4v) is 1.98. The van der Waals surface area contributed by atoms with Crippen LogP contribution in [-0.2, 0) is 11.2 Å². The van der Waals surface area contributed by atoms with Crippen molar-refractivity contribution in [3.05, 3.63) is 23.8 Å². The molecular weight excluding hydrogens is 216 g/mol. The molecule has 4 heteroatoms. The second-order valence-electron chi connectivity index (χ2n) is 4.25. The Hall–Kier alpha value is -1.55. The maximum absolute atomic E-state index is 11.7. The summed E-state index contributed by atoms with van der Waals surface area (Å²) in [5.41, 5.74) is 7.43. The quantitative estimate of drug-likeness (QED) is 0.833. The molecule has 0 saturated heterocycles. The number of benzene rings is 1. The molecule has 3 N–H and O–H groups in total. The molecule has 1 unspecified atom stereocenters. The van der Waals surface area contributed by atoms with E-state index in [2.05, 4.69) is 12.2 Å². The molecule has 0 aliphatic carbocycles. The minimum Gasteiger partial charge on any atom is -0.478 e. The van der Waals surface area contributed by atoms with Gasteiger partial charge in [-0.15, -0.1) is 0 Å². The Balaban J connectivity index is 2.19. The van der Waals surface area contributed by atoms with Gasteiger partial charge in [0.15, 0.2) is 6.10 Å². The van der Waals surface area contributed by atoms with Crippen LogP contribution in [0.5, 0.6) is 5.75 Å². The van der Waals surface area contributed by atoms with Gasteiger partial charge in [-0.3, -0.25) is 4.79 Å². The van der Waals surface area contributed by atoms with Crippen LogP contribution in [0.4, 0.5) is 5.69 Å². The Morgan fingerprint density at radius 1 is 1.47 bits per heavy atom. The fraction of sp³-hybridized carbons (Fsp3) is 0.462. The molecule has 0 aromatic heterocycles. The number of rotatable bonds is 4. The molecule has 0 fully saturated rings. The molecule has 17 heavy (non-hydrogen) atoms. The first-order valence-electron chi connectivity index (χ1n) is 6.05. The summed E-state index contributed by atoms with van der Waals surface area (Å²) < 4.78 is 5.63. The third-order valence-corrected chi connectivity index (χ3v) is 2.83. The summed E-state index contributed by atoms with van der Waals surface area (Å²) in [5, 5.41) is 2.87. The van der Waals surface area contributed by atoms with Crippen LogP contribution in [0.2, 0.25) is 0 Å². The highest BCUT2D eigenvalue weighted by Crippen LogP contribution is 2.31. The lowest BCUT2D eigenvalue weighted by Gasteiger charge is -2.25. The lowest BCUT2D eigenvalue weighted by Crippen LogP contribution is -2.38. The zero-order valence-electron chi connectivity index (χ0n) is 10.0. The Kier molecular flexibility index (Phi) is 3.64. The van der Waals surface area contributed by atoms with Crippen LogP contribution in [0.3, 0.4) is 0 Å². The van der Waals surface area contributed by atoms with E-state index in [0.29, 0.717) is 13.0 Å². The van der Waals surface area contributed by atoms with Gasteiger partial charge in [-0.1, -0.05) is 19.4 Å². The highest BCUT2D eigenvalue weighted by Gasteiger charge is 2.26. The normalized spacial score (nSPS) is 18.2. The number of amides is 1. The molecule has 1 aromatic rings. The van der Waals surface area contributed by atoms with Gasteiger partial charge in [0.25, 0.3) is 5.91 Å². The molecule has 1 aliphatic rings. The van der Waals surface area contributed by atoms with E-state index in [9.17, 15) is 4.79 Å². The summed E-state index contributed by atoms with van der Waals surface area (Å²) in [4.78, 5) is 11.7. The zero-order valence-corrected chi connectivity index (χ0v) is 10.0. The summed E-state index contributed by atoms with van der Waals surface area (Å²) in [6.45, 7) is 2.58. The van der Waals surface area contributed by atoms with Crippen LogP contribution < -0.4 is 15.8 Å². The van der Waals surface area contributed by atoms with Crippen LogP contribution in [0.25, 0.3) is 0 Å². The van der Waals surface area contributed by atoms with E-state index >= 15 is 0 Å². The smallest absolute Gasteiger partial charge is 0.265 e. The zero-order chi connectivity index (χ0) is 12.3. The lowest BCUT2D eigenvalue weighted by molar-refractivity contribution is -0.123. The predicted molar refractivity (Wildman–Crippen MR) is 67.2 cm³/mol. The molecule has 0 radical (unpaired) electrons. The number of aryl methyl sites for hydroxylation is 1. The topological polar surface area (TPSA) is 64.4 Å². The third kappa shape index (κ3) is 2.58. The highest BCUT2D eigenvalue weighted by molar-refractivity contribution is 5.97. The first-order valence-corrected chi connectivity index (χ1v) is 6.05. The number of hydrogen-bond acceptors (Lipinski definition) is 3. The molecule has 4 nitrogen and oxygen atoms in total. The van der Waals surface area contributed by atoms with E-state index in [1.54, 1.807) is 0 Å². The van der Waals surface area contributed by atoms with Gasteiger partial charge in [-0.05, 0) is 30.7 Å². The standard InChI is InChI=1S/C13H18N2O2/c1-2-3-9-4-5-11-10(8-9)15-13(16)12(17-11)6-7-14/h4-5,8,12H,2-3,6-7,14H2,1H3,(H,15,16). The SMILES string of the molecule is CCCc1ccc2c(c1)NC(=O)C(CCN)O2. The second kappa shape index (κ2) is 5.19. The molecule has 0 saturated carbocycles. The van der Waals surface area contributed by atoms with Crippen molar-refractivity contribution in [2.75, 3.05) is 11.9 Å². The van der Waals surface area contributed by atoms with Gasteiger partial charge in [0, 0.05) is 6.42 Å². The van der Waals surface area contributed by atoms with Gasteiger partial charge in [0.2, 0.25) is 0 Å². The number of anilines is 1. The number of fused-ring (bicyclic) bond motifs is 1. The van der Waals surface area contributed by atoms with E-state index in [1.165, 1.54) is 5.56 Å². The highest BCUT2D eigenvalue weighted by atomic mass is 16.5. The van der Waals surface area contributed by atoms with Gasteiger partial charge in [0.1, 0.15) is 5.75 Å². The van der Waals surface area contributed by atoms with Crippen LogP contribution in [0, 0.1) is 0 Å². The van der Waals surface area contributed by atoms with Crippen molar-refractivity contribution in [3.63, 3.8) is 0 Å². The number of nitrogens with one attached hydrogen (secondary N) is 1. The molecule has 1 aliphatic heterocycles. The predicted octanol–water partition coefficient (Wildman–Crippen LogP) is 1.69. The lowest BCUT2D eigenvalue weighted by atomic mass is 10.1. The van der Waals surface area contributed by atoms with Crippen molar-refractivity contribution in [2.45, 2.75) is 32.3 Å². The van der Waals surface area contributed by atoms with Crippen LogP contribution in [0.1, 0.15) is 25.3 Å². The van der Waals surface area contributed by atoms with Gasteiger partial charge in [0.05, 0.1) is 5.69 Å². The number of hydrogen-bond donors (Lipinski definition) is 2. The van der Waals surface area contributed by atoms with Crippen LogP contribution >= 0.6 is 0 Å². The van der Waals surface area contributed by atoms with Crippen molar-refractivity contribution in [1.29, 1.82) is 0 Å². The van der Waals surface area contributed by atoms with E-state index in [1.807, 2.05) is 18.2 Å². The Bertz CT molecular complexity index is 418. The molecule has 1 aromatic carbocycles. The van der Waals surface area contributed by atoms with Gasteiger partial charge in [-0.25, -0.2) is 0 Å². The number of carbonyl (C=O) groups excluding carboxylic acids is 1. The van der Waals surface area contributed by atoms with E-state index in [0.717, 1.165) is 24.3 Å². The van der Waals surface area contributed by atoms with E-state index in [4.69, 9.17) is 10.5 Å². The maximum atomic E-state index is 11.7. The minimum absolute atomic E-state index is 0.100. The molecule has 92 valence electrons. The van der Waals surface area contributed by atoms with Gasteiger partial charge >= 0.3 is 0 Å². The van der Waals surface area contributed by atoms with Gasteiger partial charge in [-0.2, -0.15) is 0 Å². The van der Waals surface area contributed by atoms with Crippen molar-refractivity contribution in [1.82, 2.24) is 0 Å². The molecule has 0 bridgehead atoms. The first-order chi connectivity index (χ1) is 8.24. The number of ether oxygens (including phenoxy) is 1. The molecule has 1 atom stereocenters. The summed E-state index contributed by atoms with van der Waals surface area (Å²) in [7, 11) is 0.